The van der Waals surface area contributed by atoms with Crippen molar-refractivity contribution in [2.75, 3.05) is 0 Å². The Bertz CT molecular complexity index is 326. The van der Waals surface area contributed by atoms with Gasteiger partial charge in [-0.2, -0.15) is 0 Å². The molecular weight excluding hydrogens is 208 g/mol. The first-order valence-corrected chi connectivity index (χ1v) is 6.20. The second kappa shape index (κ2) is 4.61. The Morgan fingerprint density at radius 3 is 2.80 bits per heavy atom. The van der Waals surface area contributed by atoms with Gasteiger partial charge in [-0.25, -0.2) is 5.43 Å². The van der Waals surface area contributed by atoms with Crippen LogP contribution in [0.2, 0.25) is 0 Å². The number of hydrogen-bond acceptors (Lipinski definition) is 4. The number of ether oxygens (including phenoxy) is 1. The van der Waals surface area contributed by atoms with E-state index in [0.29, 0.717) is 6.10 Å². The van der Waals surface area contributed by atoms with Gasteiger partial charge in [0.15, 0.2) is 0 Å². The van der Waals surface area contributed by atoms with Crippen LogP contribution >= 0.6 is 11.3 Å². The second-order valence-electron chi connectivity index (χ2n) is 4.16. The number of hydrogen-bond donors (Lipinski definition) is 2. The molecule has 15 heavy (non-hydrogen) atoms. The fourth-order valence-corrected chi connectivity index (χ4v) is 3.06. The fourth-order valence-electron chi connectivity index (χ4n) is 2.07. The zero-order valence-electron chi connectivity index (χ0n) is 9.19. The second-order valence-corrected chi connectivity index (χ2v) is 5.47. The lowest BCUT2D eigenvalue weighted by Gasteiger charge is -2.21. The summed E-state index contributed by atoms with van der Waals surface area (Å²) in [5.41, 5.74) is 2.88. The largest absolute Gasteiger partial charge is 0.373 e. The maximum atomic E-state index is 5.84. The van der Waals surface area contributed by atoms with Crippen LogP contribution in [0.25, 0.3) is 0 Å². The number of aryl methyl sites for hydroxylation is 1. The summed E-state index contributed by atoms with van der Waals surface area (Å²) >= 11 is 1.79. The van der Waals surface area contributed by atoms with E-state index in [2.05, 4.69) is 31.4 Å². The first kappa shape index (κ1) is 11.1. The predicted octanol–water partition coefficient (Wildman–Crippen LogP) is 2.13. The standard InChI is InChI=1S/C11H18N2OS/c1-7-3-5-9(14-7)11(13-12)10-6-4-8(2)15-10/h4,6-7,9,11,13H,3,5,12H2,1-2H3. The minimum absolute atomic E-state index is 0.147. The van der Waals surface area contributed by atoms with Crippen LogP contribution in [-0.4, -0.2) is 12.2 Å². The van der Waals surface area contributed by atoms with Crippen molar-refractivity contribution in [3.8, 4) is 0 Å². The summed E-state index contributed by atoms with van der Waals surface area (Å²) in [6.45, 7) is 4.23. The Hall–Kier alpha value is -0.420. The van der Waals surface area contributed by atoms with Gasteiger partial charge in [-0.05, 0) is 38.8 Å². The molecule has 1 aromatic rings. The molecule has 1 aliphatic rings. The van der Waals surface area contributed by atoms with Crippen molar-refractivity contribution < 1.29 is 4.74 Å². The number of nitrogens with one attached hydrogen (secondary N) is 1. The molecule has 0 aliphatic carbocycles. The van der Waals surface area contributed by atoms with Crippen molar-refractivity contribution in [2.45, 2.75) is 44.9 Å². The lowest BCUT2D eigenvalue weighted by molar-refractivity contribution is 0.0324. The summed E-state index contributed by atoms with van der Waals surface area (Å²) in [4.78, 5) is 2.59. The van der Waals surface area contributed by atoms with Crippen molar-refractivity contribution in [3.63, 3.8) is 0 Å². The third-order valence-electron chi connectivity index (χ3n) is 2.88. The molecule has 4 heteroatoms. The van der Waals surface area contributed by atoms with E-state index in [0.717, 1.165) is 12.8 Å². The molecule has 0 bridgehead atoms. The number of hydrazine groups is 1. The van der Waals surface area contributed by atoms with Crippen LogP contribution in [0, 0.1) is 6.92 Å². The van der Waals surface area contributed by atoms with Crippen molar-refractivity contribution >= 4 is 11.3 Å². The van der Waals surface area contributed by atoms with Crippen molar-refractivity contribution in [2.24, 2.45) is 5.84 Å². The first-order chi connectivity index (χ1) is 7.20. The van der Waals surface area contributed by atoms with Gasteiger partial charge < -0.3 is 4.74 Å². The highest BCUT2D eigenvalue weighted by molar-refractivity contribution is 7.12. The van der Waals surface area contributed by atoms with Crippen LogP contribution in [0.5, 0.6) is 0 Å². The van der Waals surface area contributed by atoms with Crippen LogP contribution in [0.15, 0.2) is 12.1 Å². The van der Waals surface area contributed by atoms with E-state index in [-0.39, 0.29) is 12.1 Å². The van der Waals surface area contributed by atoms with E-state index in [1.54, 1.807) is 11.3 Å². The molecule has 0 aromatic carbocycles. The molecule has 1 aromatic heterocycles. The smallest absolute Gasteiger partial charge is 0.0814 e. The zero-order valence-corrected chi connectivity index (χ0v) is 10.0. The lowest BCUT2D eigenvalue weighted by atomic mass is 10.1. The quantitative estimate of drug-likeness (QED) is 0.613. The average molecular weight is 226 g/mol. The van der Waals surface area contributed by atoms with Gasteiger partial charge in [-0.15, -0.1) is 11.3 Å². The Balaban J connectivity index is 2.10. The van der Waals surface area contributed by atoms with E-state index >= 15 is 0 Å². The summed E-state index contributed by atoms with van der Waals surface area (Å²) in [6, 6.07) is 4.41. The molecule has 3 nitrogen and oxygen atoms in total. The first-order valence-electron chi connectivity index (χ1n) is 5.38. The van der Waals surface area contributed by atoms with Gasteiger partial charge in [-0.3, -0.25) is 5.84 Å². The molecule has 2 rings (SSSR count). The number of nitrogens with two attached hydrogens (primary N) is 1. The summed E-state index contributed by atoms with van der Waals surface area (Å²) in [5.74, 6) is 5.62. The van der Waals surface area contributed by atoms with Gasteiger partial charge in [0.2, 0.25) is 0 Å². The molecule has 1 saturated heterocycles. The van der Waals surface area contributed by atoms with Crippen LogP contribution in [-0.2, 0) is 4.74 Å². The third-order valence-corrected chi connectivity index (χ3v) is 3.97. The summed E-state index contributed by atoms with van der Waals surface area (Å²) < 4.78 is 5.84. The monoisotopic (exact) mass is 226 g/mol. The average Bonchev–Trinajstić information content (AvgIpc) is 2.78. The molecule has 1 aliphatic heterocycles. The van der Waals surface area contributed by atoms with Gasteiger partial charge in [0.1, 0.15) is 0 Å². The Labute approximate surface area is 94.6 Å². The van der Waals surface area contributed by atoms with E-state index in [1.807, 2.05) is 0 Å². The van der Waals surface area contributed by atoms with Crippen LogP contribution < -0.4 is 11.3 Å². The zero-order chi connectivity index (χ0) is 10.8. The summed E-state index contributed by atoms with van der Waals surface area (Å²) in [7, 11) is 0. The van der Waals surface area contributed by atoms with E-state index < -0.39 is 0 Å². The van der Waals surface area contributed by atoms with E-state index in [4.69, 9.17) is 10.6 Å². The molecule has 3 unspecified atom stereocenters. The van der Waals surface area contributed by atoms with Crippen molar-refractivity contribution in [1.29, 1.82) is 0 Å². The molecule has 0 radical (unpaired) electrons. The van der Waals surface area contributed by atoms with E-state index in [9.17, 15) is 0 Å². The van der Waals surface area contributed by atoms with Crippen LogP contribution in [0.3, 0.4) is 0 Å². The van der Waals surface area contributed by atoms with Gasteiger partial charge in [-0.1, -0.05) is 0 Å². The highest BCUT2D eigenvalue weighted by Crippen LogP contribution is 2.32. The number of thiophene rings is 1. The molecule has 0 saturated carbocycles. The lowest BCUT2D eigenvalue weighted by Crippen LogP contribution is -2.36. The van der Waals surface area contributed by atoms with Gasteiger partial charge in [0.25, 0.3) is 0 Å². The Kier molecular flexibility index (Phi) is 3.41. The molecule has 3 N–H and O–H groups in total. The molecule has 2 heterocycles. The van der Waals surface area contributed by atoms with Gasteiger partial charge >= 0.3 is 0 Å². The molecule has 84 valence electrons. The highest BCUT2D eigenvalue weighted by Gasteiger charge is 2.30. The van der Waals surface area contributed by atoms with E-state index in [1.165, 1.54) is 9.75 Å². The highest BCUT2D eigenvalue weighted by atomic mass is 32.1. The van der Waals surface area contributed by atoms with Crippen LogP contribution in [0.4, 0.5) is 0 Å². The third kappa shape index (κ3) is 2.39. The van der Waals surface area contributed by atoms with Gasteiger partial charge in [0.05, 0.1) is 18.2 Å². The van der Waals surface area contributed by atoms with Crippen molar-refractivity contribution in [3.05, 3.63) is 21.9 Å². The molecule has 0 amide bonds. The Morgan fingerprint density at radius 2 is 2.33 bits per heavy atom. The molecule has 0 spiro atoms. The summed E-state index contributed by atoms with van der Waals surface area (Å²) in [6.07, 6.45) is 2.81. The van der Waals surface area contributed by atoms with Crippen LogP contribution in [0.1, 0.15) is 35.6 Å². The SMILES string of the molecule is Cc1ccc(C(NN)C2CCC(C)O2)s1. The maximum Gasteiger partial charge on any atom is 0.0814 e. The molecular formula is C11H18N2OS. The van der Waals surface area contributed by atoms with Crippen molar-refractivity contribution in [1.82, 2.24) is 5.43 Å². The Morgan fingerprint density at radius 1 is 1.53 bits per heavy atom. The number of rotatable bonds is 3. The van der Waals surface area contributed by atoms with Gasteiger partial charge in [0, 0.05) is 9.75 Å². The fraction of sp³-hybridized carbons (Fsp3) is 0.636. The topological polar surface area (TPSA) is 47.3 Å². The maximum absolute atomic E-state index is 5.84. The normalized spacial score (nSPS) is 28.2. The predicted molar refractivity (Wildman–Crippen MR) is 62.7 cm³/mol. The molecule has 3 atom stereocenters. The minimum Gasteiger partial charge on any atom is -0.373 e. The summed E-state index contributed by atoms with van der Waals surface area (Å²) in [5, 5.41) is 0. The minimum atomic E-state index is 0.147. The molecule has 1 fully saturated rings.